The van der Waals surface area contributed by atoms with Crippen LogP contribution in [0.1, 0.15) is 88.8 Å². The Hall–Kier alpha value is -5.80. The molecule has 10 aromatic carbocycles. The van der Waals surface area contributed by atoms with E-state index >= 15 is 0 Å². The van der Waals surface area contributed by atoms with Gasteiger partial charge in [-0.3, -0.25) is 0 Å². The molecule has 2 nitrogen and oxygen atoms in total. The van der Waals surface area contributed by atoms with Crippen molar-refractivity contribution in [3.63, 3.8) is 0 Å². The maximum atomic E-state index is 9.57. The van der Waals surface area contributed by atoms with Crippen LogP contribution in [0, 0.1) is 13.8 Å². The predicted molar refractivity (Wildman–Crippen MR) is 304 cm³/mol. The number of aryl methyl sites for hydroxylation is 4. The van der Waals surface area contributed by atoms with Crippen molar-refractivity contribution >= 4 is 52.6 Å². The molecule has 10 aromatic rings. The largest absolute Gasteiger partial charge is 2.00 e. The van der Waals surface area contributed by atoms with Gasteiger partial charge in [0.25, 0.3) is 0 Å². The van der Waals surface area contributed by atoms with Gasteiger partial charge in [-0.2, -0.15) is 12.1 Å². The average Bonchev–Trinajstić information content (AvgIpc) is 3.98. The first-order valence-electron chi connectivity index (χ1n) is 24.5. The van der Waals surface area contributed by atoms with Gasteiger partial charge in [-0.25, -0.2) is 0 Å². The zero-order valence-electron chi connectivity index (χ0n) is 43.6. The van der Waals surface area contributed by atoms with Gasteiger partial charge >= 0.3 is 26.2 Å². The van der Waals surface area contributed by atoms with E-state index in [-0.39, 0.29) is 37.0 Å². The van der Waals surface area contributed by atoms with Crippen LogP contribution in [-0.4, -0.2) is 19.7 Å². The molecule has 0 amide bonds. The molecule has 0 bridgehead atoms. The molecule has 2 radical (unpaired) electrons. The van der Waals surface area contributed by atoms with Gasteiger partial charge in [-0.15, -0.1) is 69.1 Å². The number of hydrogen-bond donors (Lipinski definition) is 2. The molecule has 0 aliphatic carbocycles. The van der Waals surface area contributed by atoms with Crippen molar-refractivity contribution in [1.82, 2.24) is 0 Å². The van der Waals surface area contributed by atoms with Gasteiger partial charge in [0, 0.05) is 9.52 Å². The normalized spacial score (nSPS) is 11.0. The van der Waals surface area contributed by atoms with Crippen LogP contribution >= 0.6 is 0 Å². The Balaban J connectivity index is 0.000000176. The van der Waals surface area contributed by atoms with Crippen LogP contribution < -0.4 is 0 Å². The van der Waals surface area contributed by atoms with E-state index in [1.165, 1.54) is 87.6 Å². The molecule has 0 spiro atoms. The van der Waals surface area contributed by atoms with E-state index in [0.717, 1.165) is 33.5 Å². The molecular weight excluding hydrogens is 944 g/mol. The monoisotopic (exact) mass is 1010 g/mol. The van der Waals surface area contributed by atoms with Crippen molar-refractivity contribution in [2.75, 3.05) is 0 Å². The fourth-order valence-electron chi connectivity index (χ4n) is 8.89. The van der Waals surface area contributed by atoms with Crippen LogP contribution in [0.15, 0.2) is 182 Å². The Labute approximate surface area is 441 Å². The molecule has 356 valence electrons. The third-order valence-corrected chi connectivity index (χ3v) is 12.5. The summed E-state index contributed by atoms with van der Waals surface area (Å²) in [4.78, 5) is 0. The summed E-state index contributed by atoms with van der Waals surface area (Å²) in [6, 6.07) is 64.3. The molecule has 0 fully saturated rings. The second kappa shape index (κ2) is 24.8. The van der Waals surface area contributed by atoms with Crippen molar-refractivity contribution < 1.29 is 36.4 Å². The van der Waals surface area contributed by atoms with Gasteiger partial charge in [0.05, 0.1) is 0 Å². The summed E-state index contributed by atoms with van der Waals surface area (Å²) in [6.07, 6.45) is 2.17. The molecule has 10 rings (SSSR count). The third-order valence-electron chi connectivity index (χ3n) is 12.5. The summed E-state index contributed by atoms with van der Waals surface area (Å²) in [5, 5.41) is 29.8. The van der Waals surface area contributed by atoms with Gasteiger partial charge in [0.2, 0.25) is 0 Å². The zero-order chi connectivity index (χ0) is 49.9. The van der Waals surface area contributed by atoms with E-state index in [4.69, 9.17) is 0 Å². The van der Waals surface area contributed by atoms with E-state index in [1.807, 2.05) is 38.1 Å². The van der Waals surface area contributed by atoms with Gasteiger partial charge in [-0.05, 0) is 93.5 Å². The Morgan fingerprint density at radius 3 is 1.06 bits per heavy atom. The summed E-state index contributed by atoms with van der Waals surface area (Å²) in [5.41, 5.74) is 12.6. The zero-order valence-corrected chi connectivity index (χ0v) is 47.1. The van der Waals surface area contributed by atoms with Crippen molar-refractivity contribution in [1.29, 1.82) is 0 Å². The van der Waals surface area contributed by atoms with Crippen molar-refractivity contribution in [2.45, 2.75) is 106 Å². The number of phenolic OH excluding ortho intramolecular Hbond substituents is 2. The number of aromatic hydroxyl groups is 2. The molecule has 70 heavy (non-hydrogen) atoms. The maximum absolute atomic E-state index is 9.57. The molecule has 0 aliphatic heterocycles. The minimum atomic E-state index is 0. The van der Waals surface area contributed by atoms with E-state index in [9.17, 15) is 10.2 Å². The number of fused-ring (bicyclic) bond motifs is 4. The molecule has 0 aromatic heterocycles. The molecular formula is C66H72O2SiZr. The van der Waals surface area contributed by atoms with Crippen LogP contribution in [0.25, 0.3) is 65.3 Å². The Kier molecular flexibility index (Phi) is 19.6. The smallest absolute Gasteiger partial charge is 0.508 e. The van der Waals surface area contributed by atoms with Crippen LogP contribution in [0.4, 0.5) is 0 Å². The minimum Gasteiger partial charge on any atom is -0.508 e. The van der Waals surface area contributed by atoms with Crippen LogP contribution in [-0.2, 0) is 49.9 Å². The summed E-state index contributed by atoms with van der Waals surface area (Å²) in [7, 11) is 1.08. The molecule has 0 saturated carbocycles. The van der Waals surface area contributed by atoms with Gasteiger partial charge in [-0.1, -0.05) is 212 Å². The molecule has 0 heterocycles. The number of rotatable bonds is 4. The fourth-order valence-corrected chi connectivity index (χ4v) is 8.89. The standard InChI is InChI=1S/2C21H17.2C11H16O.C2H6Si.Zr/c2*1-2-15-13-17-9-6-12-20(21(17)14-15)19-11-5-8-16-7-3-4-10-18(16)19;2*1-8-5-6-10(12)9(7-8)11(2,3)4;1-3-2;/h2*3-14H,2H2,1H3;2*5-7,12H,1-4H3;1-2H3;/q2*-1;;;;+2. The van der Waals surface area contributed by atoms with Crippen molar-refractivity contribution in [2.24, 2.45) is 0 Å². The second-order valence-electron chi connectivity index (χ2n) is 20.1. The summed E-state index contributed by atoms with van der Waals surface area (Å²) in [6.45, 7) is 25.4. The molecule has 4 heteroatoms. The fraction of sp³-hybridized carbons (Fsp3) is 0.242. The van der Waals surface area contributed by atoms with Crippen LogP contribution in [0.2, 0.25) is 13.1 Å². The number of benzene rings is 8. The quantitative estimate of drug-likeness (QED) is 0.136. The van der Waals surface area contributed by atoms with Gasteiger partial charge in [0.15, 0.2) is 0 Å². The van der Waals surface area contributed by atoms with E-state index in [1.54, 1.807) is 12.1 Å². The molecule has 0 aliphatic rings. The van der Waals surface area contributed by atoms with Crippen LogP contribution in [0.3, 0.4) is 0 Å². The minimum absolute atomic E-state index is 0. The average molecular weight is 1020 g/mol. The Morgan fingerprint density at radius 1 is 0.414 bits per heavy atom. The molecule has 0 unspecified atom stereocenters. The van der Waals surface area contributed by atoms with Gasteiger partial charge in [0.1, 0.15) is 11.5 Å². The first-order chi connectivity index (χ1) is 33.0. The molecule has 2 N–H and O–H groups in total. The summed E-state index contributed by atoms with van der Waals surface area (Å²) in [5.74, 6) is 0.793. The third kappa shape index (κ3) is 13.7. The SMILES string of the molecule is CCc1cc2c(-c3cccc4ccccc34)cccc2[cH-]1.CCc1cc2c(-c3cccc4ccccc34)cccc2[cH-]1.C[Si]C.Cc1ccc(O)c(C(C)(C)C)c1.Cc1ccc(O)c(C(C)(C)C)c1.[Zr+2]. The number of hydrogen-bond acceptors (Lipinski definition) is 2. The van der Waals surface area contributed by atoms with Crippen LogP contribution in [0.5, 0.6) is 11.5 Å². The van der Waals surface area contributed by atoms with E-state index in [0.29, 0.717) is 11.5 Å². The topological polar surface area (TPSA) is 40.5 Å². The molecule has 0 atom stereocenters. The summed E-state index contributed by atoms with van der Waals surface area (Å²) < 4.78 is 0. The summed E-state index contributed by atoms with van der Waals surface area (Å²) >= 11 is 0. The Morgan fingerprint density at radius 2 is 0.729 bits per heavy atom. The molecule has 0 saturated heterocycles. The van der Waals surface area contributed by atoms with E-state index < -0.39 is 0 Å². The second-order valence-corrected chi connectivity index (χ2v) is 21.1. The van der Waals surface area contributed by atoms with Crippen molar-refractivity contribution in [3.05, 3.63) is 215 Å². The van der Waals surface area contributed by atoms with Gasteiger partial charge < -0.3 is 10.2 Å². The Bertz CT molecular complexity index is 3030. The van der Waals surface area contributed by atoms with E-state index in [2.05, 4.69) is 214 Å². The van der Waals surface area contributed by atoms with Crippen molar-refractivity contribution in [3.8, 4) is 33.8 Å². The number of phenols is 2. The predicted octanol–water partition coefficient (Wildman–Crippen LogP) is 18.7. The first kappa shape index (κ1) is 55.1. The first-order valence-corrected chi connectivity index (χ1v) is 26.5. The maximum Gasteiger partial charge on any atom is 2.00 e.